The van der Waals surface area contributed by atoms with Gasteiger partial charge in [-0.2, -0.15) is 0 Å². The summed E-state index contributed by atoms with van der Waals surface area (Å²) in [5.74, 6) is 0. The second-order valence-corrected chi connectivity index (χ2v) is 1.81. The molecule has 0 amide bonds. The highest BCUT2D eigenvalue weighted by atomic mass is 35.5. The van der Waals surface area contributed by atoms with Gasteiger partial charge in [-0.05, 0) is 6.92 Å². The van der Waals surface area contributed by atoms with E-state index in [0.717, 1.165) is 5.56 Å². The molecule has 0 saturated carbocycles. The molecule has 0 fully saturated rings. The second kappa shape index (κ2) is 1.58. The number of aryl methyl sites for hydroxylation is 1. The van der Waals surface area contributed by atoms with Gasteiger partial charge in [0.2, 0.25) is 0 Å². The van der Waals surface area contributed by atoms with Crippen LogP contribution in [0.4, 0.5) is 0 Å². The summed E-state index contributed by atoms with van der Waals surface area (Å²) in [6.45, 7) is 1.89. The topological polar surface area (TPSA) is 13.1 Å². The van der Waals surface area contributed by atoms with Crippen LogP contribution >= 0.6 is 11.6 Å². The zero-order valence-corrected chi connectivity index (χ0v) is 4.70. The van der Waals surface area contributed by atoms with Crippen molar-refractivity contribution < 1.29 is 4.42 Å². The summed E-state index contributed by atoms with van der Waals surface area (Å²) in [6.07, 6.45) is 3.12. The van der Waals surface area contributed by atoms with Crippen molar-refractivity contribution in [3.05, 3.63) is 23.1 Å². The van der Waals surface area contributed by atoms with E-state index < -0.39 is 0 Å². The first-order valence-corrected chi connectivity index (χ1v) is 2.37. The van der Waals surface area contributed by atoms with Gasteiger partial charge in [0.1, 0.15) is 6.26 Å². The summed E-state index contributed by atoms with van der Waals surface area (Å²) in [6, 6.07) is 0. The van der Waals surface area contributed by atoms with Gasteiger partial charge in [0.15, 0.2) is 0 Å². The highest BCUT2D eigenvalue weighted by Crippen LogP contribution is 2.13. The Labute approximate surface area is 46.9 Å². The number of halogens is 1. The average molecular weight is 117 g/mol. The van der Waals surface area contributed by atoms with Crippen LogP contribution in [0.5, 0.6) is 0 Å². The first kappa shape index (κ1) is 4.72. The Kier molecular flexibility index (Phi) is 1.07. The van der Waals surface area contributed by atoms with Crippen LogP contribution < -0.4 is 0 Å². The first-order chi connectivity index (χ1) is 3.30. The molecule has 0 aromatic carbocycles. The maximum Gasteiger partial charge on any atom is 0.109 e. The van der Waals surface area contributed by atoms with E-state index in [9.17, 15) is 0 Å². The maximum atomic E-state index is 5.53. The van der Waals surface area contributed by atoms with Crippen molar-refractivity contribution in [3.8, 4) is 0 Å². The van der Waals surface area contributed by atoms with Crippen molar-refractivity contribution in [2.45, 2.75) is 6.92 Å². The first-order valence-electron chi connectivity index (χ1n) is 1.99. The van der Waals surface area contributed by atoms with Gasteiger partial charge in [0.25, 0.3) is 0 Å². The smallest absolute Gasteiger partial charge is 0.109 e. The molecular weight excluding hydrogens is 112 g/mol. The zero-order valence-electron chi connectivity index (χ0n) is 3.94. The Morgan fingerprint density at radius 3 is 2.43 bits per heavy atom. The molecule has 1 aromatic rings. The minimum atomic E-state index is 0.694. The van der Waals surface area contributed by atoms with E-state index in [-0.39, 0.29) is 0 Å². The van der Waals surface area contributed by atoms with Gasteiger partial charge >= 0.3 is 0 Å². The monoisotopic (exact) mass is 116 g/mol. The number of rotatable bonds is 0. The lowest BCUT2D eigenvalue weighted by Gasteiger charge is -1.73. The van der Waals surface area contributed by atoms with Crippen molar-refractivity contribution in [2.75, 3.05) is 0 Å². The molecule has 1 rings (SSSR count). The van der Waals surface area contributed by atoms with Crippen LogP contribution in [-0.4, -0.2) is 0 Å². The molecule has 0 aliphatic rings. The van der Waals surface area contributed by atoms with Crippen LogP contribution in [0, 0.1) is 6.92 Å². The Morgan fingerprint density at radius 2 is 2.29 bits per heavy atom. The average Bonchev–Trinajstić information content (AvgIpc) is 1.91. The van der Waals surface area contributed by atoms with Crippen molar-refractivity contribution >= 4 is 11.6 Å². The van der Waals surface area contributed by atoms with E-state index in [4.69, 9.17) is 16.0 Å². The quantitative estimate of drug-likeness (QED) is 0.507. The third kappa shape index (κ3) is 0.775. The predicted molar refractivity (Wildman–Crippen MR) is 28.5 cm³/mol. The molecular formula is C5H5ClO. The van der Waals surface area contributed by atoms with E-state index in [2.05, 4.69) is 0 Å². The fourth-order valence-corrected chi connectivity index (χ4v) is 0.441. The molecule has 38 valence electrons. The summed E-state index contributed by atoms with van der Waals surface area (Å²) < 4.78 is 4.71. The zero-order chi connectivity index (χ0) is 5.28. The van der Waals surface area contributed by atoms with Gasteiger partial charge in [-0.15, -0.1) is 0 Å². The van der Waals surface area contributed by atoms with Gasteiger partial charge in [0, 0.05) is 5.56 Å². The van der Waals surface area contributed by atoms with Gasteiger partial charge < -0.3 is 4.42 Å². The Balaban J connectivity index is 3.12. The third-order valence-corrected chi connectivity index (χ3v) is 1.18. The van der Waals surface area contributed by atoms with Crippen molar-refractivity contribution in [1.29, 1.82) is 0 Å². The molecule has 1 heterocycles. The molecule has 0 radical (unpaired) electrons. The van der Waals surface area contributed by atoms with E-state index in [1.54, 1.807) is 6.26 Å². The normalized spacial score (nSPS) is 9.43. The molecule has 1 aromatic heterocycles. The fraction of sp³-hybridized carbons (Fsp3) is 0.200. The van der Waals surface area contributed by atoms with E-state index >= 15 is 0 Å². The number of hydrogen-bond donors (Lipinski definition) is 0. The van der Waals surface area contributed by atoms with E-state index in [0.29, 0.717) is 5.02 Å². The van der Waals surface area contributed by atoms with Crippen molar-refractivity contribution in [2.24, 2.45) is 0 Å². The lowest BCUT2D eigenvalue weighted by Crippen LogP contribution is -1.56. The fourth-order valence-electron chi connectivity index (χ4n) is 0.345. The summed E-state index contributed by atoms with van der Waals surface area (Å²) in [7, 11) is 0. The molecule has 0 saturated heterocycles. The minimum absolute atomic E-state index is 0.694. The third-order valence-electron chi connectivity index (χ3n) is 0.793. The summed E-state index contributed by atoms with van der Waals surface area (Å²) in [4.78, 5) is 0. The predicted octanol–water partition coefficient (Wildman–Crippen LogP) is 2.24. The maximum absolute atomic E-state index is 5.53. The Hall–Kier alpha value is -0.430. The van der Waals surface area contributed by atoms with Crippen LogP contribution in [0.3, 0.4) is 0 Å². The largest absolute Gasteiger partial charge is 0.471 e. The molecule has 0 aliphatic carbocycles. The molecule has 0 atom stereocenters. The van der Waals surface area contributed by atoms with Gasteiger partial charge in [-0.3, -0.25) is 0 Å². The summed E-state index contributed by atoms with van der Waals surface area (Å²) in [5.41, 5.74) is 0.988. The molecule has 7 heavy (non-hydrogen) atoms. The Morgan fingerprint density at radius 1 is 1.57 bits per heavy atom. The number of furan rings is 1. The SMILES string of the molecule is Cc1cocc1Cl. The van der Waals surface area contributed by atoms with Crippen molar-refractivity contribution in [1.82, 2.24) is 0 Å². The molecule has 1 nitrogen and oxygen atoms in total. The van der Waals surface area contributed by atoms with Gasteiger partial charge in [-0.25, -0.2) is 0 Å². The van der Waals surface area contributed by atoms with E-state index in [1.165, 1.54) is 6.26 Å². The second-order valence-electron chi connectivity index (χ2n) is 1.40. The lowest BCUT2D eigenvalue weighted by atomic mass is 10.4. The summed E-state index contributed by atoms with van der Waals surface area (Å²) >= 11 is 5.53. The molecule has 0 N–H and O–H groups in total. The number of hydrogen-bond acceptors (Lipinski definition) is 1. The van der Waals surface area contributed by atoms with Crippen LogP contribution in [-0.2, 0) is 0 Å². The van der Waals surface area contributed by atoms with Crippen LogP contribution in [0.15, 0.2) is 16.9 Å². The minimum Gasteiger partial charge on any atom is -0.471 e. The van der Waals surface area contributed by atoms with Crippen LogP contribution in [0.25, 0.3) is 0 Å². The molecule has 0 unspecified atom stereocenters. The highest BCUT2D eigenvalue weighted by Gasteiger charge is 1.91. The van der Waals surface area contributed by atoms with E-state index in [1.807, 2.05) is 6.92 Å². The van der Waals surface area contributed by atoms with Crippen LogP contribution in [0.2, 0.25) is 5.02 Å². The van der Waals surface area contributed by atoms with Crippen molar-refractivity contribution in [3.63, 3.8) is 0 Å². The molecule has 2 heteroatoms. The molecule has 0 aliphatic heterocycles. The van der Waals surface area contributed by atoms with Gasteiger partial charge in [0.05, 0.1) is 11.3 Å². The highest BCUT2D eigenvalue weighted by molar-refractivity contribution is 6.31. The standard InChI is InChI=1S/C5H5ClO/c1-4-2-7-3-5(4)6/h2-3H,1H3. The molecule has 0 bridgehead atoms. The Bertz CT molecular complexity index is 140. The lowest BCUT2D eigenvalue weighted by molar-refractivity contribution is 0.565. The van der Waals surface area contributed by atoms with Crippen LogP contribution in [0.1, 0.15) is 5.56 Å². The molecule has 0 spiro atoms. The summed E-state index contributed by atoms with van der Waals surface area (Å²) in [5, 5.41) is 0.694. The van der Waals surface area contributed by atoms with Gasteiger partial charge in [-0.1, -0.05) is 11.6 Å².